The number of pyridine rings is 2. The van der Waals surface area contributed by atoms with Crippen LogP contribution < -0.4 is 20.6 Å². The number of nitrogens with one attached hydrogen (secondary N) is 1. The van der Waals surface area contributed by atoms with Crippen LogP contribution in [0.25, 0.3) is 22.2 Å². The lowest BCUT2D eigenvalue weighted by Gasteiger charge is -2.28. The summed E-state index contributed by atoms with van der Waals surface area (Å²) in [7, 11) is 0. The summed E-state index contributed by atoms with van der Waals surface area (Å²) >= 11 is 6.30. The van der Waals surface area contributed by atoms with Crippen LogP contribution in [0.1, 0.15) is 5.56 Å². The maximum Gasteiger partial charge on any atom is 0.293 e. The Labute approximate surface area is 233 Å². The van der Waals surface area contributed by atoms with E-state index < -0.39 is 11.4 Å². The summed E-state index contributed by atoms with van der Waals surface area (Å²) < 4.78 is 21.3. The van der Waals surface area contributed by atoms with Crippen LogP contribution in [0.5, 0.6) is 0 Å². The largest absolute Gasteiger partial charge is 0.404 e. The normalized spacial score (nSPS) is 13.4. The van der Waals surface area contributed by atoms with E-state index in [-0.39, 0.29) is 34.4 Å². The van der Waals surface area contributed by atoms with E-state index in [1.807, 2.05) is 30.3 Å². The molecule has 0 saturated carbocycles. The summed E-state index contributed by atoms with van der Waals surface area (Å²) in [5.41, 5.74) is 2.24. The van der Waals surface area contributed by atoms with Crippen molar-refractivity contribution in [2.75, 3.05) is 36.5 Å². The Balaban J connectivity index is 1.37. The van der Waals surface area contributed by atoms with Crippen LogP contribution in [-0.4, -0.2) is 46.0 Å². The van der Waals surface area contributed by atoms with Gasteiger partial charge in [-0.2, -0.15) is 4.98 Å². The average Bonchev–Trinajstić information content (AvgIpc) is 2.98. The second-order valence-corrected chi connectivity index (χ2v) is 9.54. The Morgan fingerprint density at radius 1 is 1.05 bits per heavy atom. The van der Waals surface area contributed by atoms with Crippen molar-refractivity contribution in [1.29, 1.82) is 0 Å². The first-order valence-corrected chi connectivity index (χ1v) is 13.0. The second-order valence-electron chi connectivity index (χ2n) is 9.13. The van der Waals surface area contributed by atoms with E-state index in [0.29, 0.717) is 18.6 Å². The number of nitrogens with zero attached hydrogens (tertiary/aromatic N) is 5. The summed E-state index contributed by atoms with van der Waals surface area (Å²) in [6, 6.07) is 17.3. The molecule has 0 atom stereocenters. The van der Waals surface area contributed by atoms with E-state index in [9.17, 15) is 9.18 Å². The molecule has 1 saturated heterocycles. The fourth-order valence-corrected chi connectivity index (χ4v) is 4.78. The lowest BCUT2D eigenvalue weighted by Crippen LogP contribution is -2.36. The Bertz CT molecular complexity index is 1690. The van der Waals surface area contributed by atoms with Gasteiger partial charge in [0.1, 0.15) is 12.4 Å². The van der Waals surface area contributed by atoms with E-state index in [1.165, 1.54) is 24.3 Å². The highest BCUT2D eigenvalue weighted by Gasteiger charge is 2.19. The molecule has 0 unspecified atom stereocenters. The number of ether oxygens (including phenoxy) is 1. The quantitative estimate of drug-likeness (QED) is 0.303. The first kappa shape index (κ1) is 25.7. The third kappa shape index (κ3) is 5.31. The van der Waals surface area contributed by atoms with Gasteiger partial charge in [-0.25, -0.2) is 9.37 Å². The molecule has 40 heavy (non-hydrogen) atoms. The minimum atomic E-state index is -0.623. The number of morpholine rings is 1. The smallest absolute Gasteiger partial charge is 0.293 e. The molecule has 1 aliphatic heterocycles. The van der Waals surface area contributed by atoms with E-state index in [1.54, 1.807) is 24.7 Å². The van der Waals surface area contributed by atoms with Gasteiger partial charge in [-0.05, 0) is 48.5 Å². The van der Waals surface area contributed by atoms with Gasteiger partial charge in [-0.15, -0.1) is 4.73 Å². The Morgan fingerprint density at radius 2 is 1.88 bits per heavy atom. The molecule has 1 fully saturated rings. The molecule has 2 aromatic carbocycles. The fraction of sp³-hybridized carbons (Fsp3) is 0.172. The molecule has 5 aromatic rings. The van der Waals surface area contributed by atoms with Crippen molar-refractivity contribution in [2.45, 2.75) is 6.61 Å². The predicted molar refractivity (Wildman–Crippen MR) is 151 cm³/mol. The zero-order valence-electron chi connectivity index (χ0n) is 21.3. The first-order valence-electron chi connectivity index (χ1n) is 12.7. The third-order valence-corrected chi connectivity index (χ3v) is 6.83. The Kier molecular flexibility index (Phi) is 7.26. The number of hydrogen-bond acceptors (Lipinski definition) is 8. The molecule has 0 spiro atoms. The first-order chi connectivity index (χ1) is 19.6. The summed E-state index contributed by atoms with van der Waals surface area (Å²) in [4.78, 5) is 35.0. The lowest BCUT2D eigenvalue weighted by atomic mass is 10.1. The van der Waals surface area contributed by atoms with Gasteiger partial charge in [-0.3, -0.25) is 9.78 Å². The van der Waals surface area contributed by atoms with Crippen molar-refractivity contribution in [3.05, 3.63) is 106 Å². The molecule has 9 nitrogen and oxygen atoms in total. The minimum absolute atomic E-state index is 0.0163. The van der Waals surface area contributed by atoms with Crippen LogP contribution in [0.2, 0.25) is 5.02 Å². The van der Waals surface area contributed by atoms with Crippen LogP contribution in [0.3, 0.4) is 0 Å². The monoisotopic (exact) mass is 558 g/mol. The minimum Gasteiger partial charge on any atom is -0.404 e. The van der Waals surface area contributed by atoms with Crippen molar-refractivity contribution in [3.63, 3.8) is 0 Å². The molecule has 4 heterocycles. The fourth-order valence-electron chi connectivity index (χ4n) is 4.51. The van der Waals surface area contributed by atoms with Crippen LogP contribution in [0.15, 0.2) is 84.0 Å². The number of anilines is 3. The number of aromatic nitrogens is 4. The molecular formula is C29H24ClFN6O3. The van der Waals surface area contributed by atoms with Crippen molar-refractivity contribution >= 4 is 40.0 Å². The predicted octanol–water partition coefficient (Wildman–Crippen LogP) is 4.86. The maximum absolute atomic E-state index is 14.8. The number of halogens is 2. The summed E-state index contributed by atoms with van der Waals surface area (Å²) in [6.07, 6.45) is 4.83. The zero-order valence-corrected chi connectivity index (χ0v) is 22.0. The Morgan fingerprint density at radius 3 is 2.62 bits per heavy atom. The van der Waals surface area contributed by atoms with E-state index in [4.69, 9.17) is 21.2 Å². The van der Waals surface area contributed by atoms with Gasteiger partial charge in [-0.1, -0.05) is 23.7 Å². The molecular weight excluding hydrogens is 535 g/mol. The van der Waals surface area contributed by atoms with Gasteiger partial charge in [0, 0.05) is 59.6 Å². The van der Waals surface area contributed by atoms with Crippen LogP contribution >= 0.6 is 11.6 Å². The number of rotatable bonds is 7. The molecule has 1 N–H and O–H groups in total. The van der Waals surface area contributed by atoms with E-state index in [0.717, 1.165) is 34.8 Å². The highest BCUT2D eigenvalue weighted by molar-refractivity contribution is 6.33. The standard InChI is InChI=1S/C29H24ClFN6O3/c30-24-4-1-5-25(31)26(24)23-15-20-17-33-29(34-21-6-8-22(9-7-21)36-11-13-39-14-12-36)35-27(20)37(28(23)38)40-18-19-3-2-10-32-16-19/h1-10,15-17H,11-14,18H2,(H,33,34,35). The average molecular weight is 559 g/mol. The van der Waals surface area contributed by atoms with Gasteiger partial charge < -0.3 is 19.8 Å². The van der Waals surface area contributed by atoms with Gasteiger partial charge in [0.05, 0.1) is 23.8 Å². The summed E-state index contributed by atoms with van der Waals surface area (Å²) in [5.74, 6) is -0.357. The molecule has 202 valence electrons. The summed E-state index contributed by atoms with van der Waals surface area (Å²) in [6.45, 7) is 3.14. The van der Waals surface area contributed by atoms with Gasteiger partial charge in [0.2, 0.25) is 5.95 Å². The highest BCUT2D eigenvalue weighted by atomic mass is 35.5. The molecule has 0 radical (unpaired) electrons. The van der Waals surface area contributed by atoms with Crippen LogP contribution in [0, 0.1) is 5.82 Å². The number of hydrogen-bond donors (Lipinski definition) is 1. The molecule has 11 heteroatoms. The van der Waals surface area contributed by atoms with Crippen LogP contribution in [-0.2, 0) is 11.3 Å². The highest BCUT2D eigenvalue weighted by Crippen LogP contribution is 2.30. The zero-order chi connectivity index (χ0) is 27.5. The van der Waals surface area contributed by atoms with Gasteiger partial charge in [0.15, 0.2) is 5.65 Å². The van der Waals surface area contributed by atoms with E-state index in [2.05, 4.69) is 25.2 Å². The van der Waals surface area contributed by atoms with Crippen molar-refractivity contribution in [2.24, 2.45) is 0 Å². The van der Waals surface area contributed by atoms with Gasteiger partial charge in [0.25, 0.3) is 5.56 Å². The summed E-state index contributed by atoms with van der Waals surface area (Å²) in [5, 5.41) is 3.76. The molecule has 6 rings (SSSR count). The molecule has 3 aromatic heterocycles. The SMILES string of the molecule is O=c1c(-c2c(F)cccc2Cl)cc2cnc(Nc3ccc(N4CCOCC4)cc3)nc2n1OCc1cccnc1. The van der Waals surface area contributed by atoms with Crippen molar-refractivity contribution in [1.82, 2.24) is 19.7 Å². The number of fused-ring (bicyclic) bond motifs is 1. The molecule has 0 bridgehead atoms. The maximum atomic E-state index is 14.8. The molecule has 0 amide bonds. The topological polar surface area (TPSA) is 94.4 Å². The lowest BCUT2D eigenvalue weighted by molar-refractivity contribution is 0.0981. The molecule has 0 aliphatic carbocycles. The molecule has 1 aliphatic rings. The van der Waals surface area contributed by atoms with E-state index >= 15 is 0 Å². The third-order valence-electron chi connectivity index (χ3n) is 6.52. The second kappa shape index (κ2) is 11.3. The van der Waals surface area contributed by atoms with Crippen molar-refractivity contribution in [3.8, 4) is 11.1 Å². The van der Waals surface area contributed by atoms with Crippen LogP contribution in [0.4, 0.5) is 21.7 Å². The Hall–Kier alpha value is -4.54. The number of benzene rings is 2. The van der Waals surface area contributed by atoms with Gasteiger partial charge >= 0.3 is 0 Å². The van der Waals surface area contributed by atoms with Crippen molar-refractivity contribution < 1.29 is 14.0 Å².